The molecule has 0 fully saturated rings. The Morgan fingerprint density at radius 2 is 1.12 bits per heavy atom. The van der Waals surface area contributed by atoms with E-state index in [4.69, 9.17) is 4.74 Å². The number of carbonyl (C=O) groups excluding carboxylic acids is 1. The van der Waals surface area contributed by atoms with E-state index in [9.17, 15) is 10.1 Å². The van der Waals surface area contributed by atoms with Crippen molar-refractivity contribution in [1.82, 2.24) is 0 Å². The molecule has 0 amide bonds. The third-order valence-electron chi connectivity index (χ3n) is 3.94. The first-order valence-corrected chi connectivity index (χ1v) is 8.04. The molecule has 1 atom stereocenters. The van der Waals surface area contributed by atoms with Gasteiger partial charge < -0.3 is 4.74 Å². The van der Waals surface area contributed by atoms with Crippen LogP contribution in [0.15, 0.2) is 91.0 Å². The van der Waals surface area contributed by atoms with Gasteiger partial charge in [-0.05, 0) is 16.7 Å². The van der Waals surface area contributed by atoms with Gasteiger partial charge in [0.1, 0.15) is 0 Å². The lowest BCUT2D eigenvalue weighted by atomic mass is 9.99. The molecule has 1 unspecified atom stereocenters. The Bertz CT molecular complexity index is 815. The van der Waals surface area contributed by atoms with Crippen molar-refractivity contribution in [2.45, 2.75) is 12.0 Å². The molecule has 0 saturated heterocycles. The van der Waals surface area contributed by atoms with E-state index in [2.05, 4.69) is 6.07 Å². The van der Waals surface area contributed by atoms with Crippen LogP contribution in [0.4, 0.5) is 0 Å². The van der Waals surface area contributed by atoms with E-state index in [-0.39, 0.29) is 0 Å². The molecule has 0 bridgehead atoms. The van der Waals surface area contributed by atoms with Crippen LogP contribution in [-0.4, -0.2) is 5.97 Å². The van der Waals surface area contributed by atoms with Crippen LogP contribution < -0.4 is 0 Å². The van der Waals surface area contributed by atoms with Crippen LogP contribution in [0, 0.1) is 11.3 Å². The minimum atomic E-state index is -0.948. The molecule has 0 N–H and O–H groups in total. The zero-order chi connectivity index (χ0) is 17.5. The topological polar surface area (TPSA) is 50.1 Å². The highest BCUT2D eigenvalue weighted by Crippen LogP contribution is 2.28. The highest BCUT2D eigenvalue weighted by atomic mass is 16.5. The molecule has 0 saturated carbocycles. The number of nitriles is 1. The molecule has 3 nitrogen and oxygen atoms in total. The second-order valence-electron chi connectivity index (χ2n) is 5.61. The molecule has 25 heavy (non-hydrogen) atoms. The maximum atomic E-state index is 12.7. The van der Waals surface area contributed by atoms with Crippen LogP contribution >= 0.6 is 0 Å². The third kappa shape index (κ3) is 3.94. The summed E-state index contributed by atoms with van der Waals surface area (Å²) in [6.07, 6.45) is -0.547. The lowest BCUT2D eigenvalue weighted by Crippen LogP contribution is -2.18. The van der Waals surface area contributed by atoms with Gasteiger partial charge in [0.25, 0.3) is 0 Å². The monoisotopic (exact) mass is 327 g/mol. The smallest absolute Gasteiger partial charge is 0.328 e. The van der Waals surface area contributed by atoms with Crippen LogP contribution in [-0.2, 0) is 9.53 Å². The molecule has 0 aliphatic rings. The number of esters is 1. The van der Waals surface area contributed by atoms with Gasteiger partial charge in [-0.2, -0.15) is 5.26 Å². The average Bonchev–Trinajstić information content (AvgIpc) is 2.69. The molecule has 0 radical (unpaired) electrons. The summed E-state index contributed by atoms with van der Waals surface area (Å²) in [5.74, 6) is -1.50. The second kappa shape index (κ2) is 7.94. The van der Waals surface area contributed by atoms with Crippen molar-refractivity contribution in [2.75, 3.05) is 0 Å². The molecule has 0 aromatic heterocycles. The normalized spacial score (nSPS) is 11.5. The van der Waals surface area contributed by atoms with Crippen molar-refractivity contribution in [3.63, 3.8) is 0 Å². The fourth-order valence-corrected chi connectivity index (χ4v) is 2.68. The Morgan fingerprint density at radius 1 is 0.720 bits per heavy atom. The predicted octanol–water partition coefficient (Wildman–Crippen LogP) is 4.63. The summed E-state index contributed by atoms with van der Waals surface area (Å²) in [6, 6.07) is 30.1. The summed E-state index contributed by atoms with van der Waals surface area (Å²) >= 11 is 0. The largest absolute Gasteiger partial charge is 0.451 e. The number of hydrogen-bond acceptors (Lipinski definition) is 3. The number of rotatable bonds is 5. The van der Waals surface area contributed by atoms with Gasteiger partial charge in [0.2, 0.25) is 0 Å². The van der Waals surface area contributed by atoms with E-state index in [1.807, 2.05) is 66.7 Å². The van der Waals surface area contributed by atoms with Crippen molar-refractivity contribution in [1.29, 1.82) is 5.26 Å². The van der Waals surface area contributed by atoms with E-state index in [1.165, 1.54) is 0 Å². The van der Waals surface area contributed by atoms with Crippen molar-refractivity contribution >= 4 is 5.97 Å². The third-order valence-corrected chi connectivity index (χ3v) is 3.94. The maximum Gasteiger partial charge on any atom is 0.328 e. The van der Waals surface area contributed by atoms with Crippen LogP contribution in [0.25, 0.3) is 0 Å². The fraction of sp³-hybridized carbons (Fsp3) is 0.0909. The van der Waals surface area contributed by atoms with E-state index >= 15 is 0 Å². The van der Waals surface area contributed by atoms with Gasteiger partial charge in [-0.1, -0.05) is 91.0 Å². The number of carbonyl (C=O) groups is 1. The zero-order valence-corrected chi connectivity index (χ0v) is 13.6. The molecule has 122 valence electrons. The van der Waals surface area contributed by atoms with Crippen LogP contribution in [0.2, 0.25) is 0 Å². The first-order chi connectivity index (χ1) is 12.3. The van der Waals surface area contributed by atoms with Crippen LogP contribution in [0.5, 0.6) is 0 Å². The predicted molar refractivity (Wildman–Crippen MR) is 95.6 cm³/mol. The van der Waals surface area contributed by atoms with E-state index < -0.39 is 18.0 Å². The number of nitrogens with zero attached hydrogens (tertiary/aromatic N) is 1. The fourth-order valence-electron chi connectivity index (χ4n) is 2.68. The van der Waals surface area contributed by atoms with Gasteiger partial charge in [-0.25, -0.2) is 0 Å². The summed E-state index contributed by atoms with van der Waals surface area (Å²) in [5, 5.41) is 9.45. The Hall–Kier alpha value is -3.38. The minimum Gasteiger partial charge on any atom is -0.451 e. The molecular weight excluding hydrogens is 310 g/mol. The van der Waals surface area contributed by atoms with Gasteiger partial charge in [-0.15, -0.1) is 0 Å². The molecule has 0 aliphatic carbocycles. The lowest BCUT2D eigenvalue weighted by Gasteiger charge is -2.20. The highest BCUT2D eigenvalue weighted by Gasteiger charge is 2.26. The van der Waals surface area contributed by atoms with E-state index in [0.29, 0.717) is 5.56 Å². The SMILES string of the molecule is N#CC(C(=O)OC(c1ccccc1)c1ccccc1)c1ccccc1. The summed E-state index contributed by atoms with van der Waals surface area (Å²) in [4.78, 5) is 12.7. The molecule has 3 aromatic rings. The quantitative estimate of drug-likeness (QED) is 0.642. The van der Waals surface area contributed by atoms with Crippen LogP contribution in [0.3, 0.4) is 0 Å². The van der Waals surface area contributed by atoms with Crippen molar-refractivity contribution < 1.29 is 9.53 Å². The summed E-state index contributed by atoms with van der Waals surface area (Å²) in [5.41, 5.74) is 2.37. The zero-order valence-electron chi connectivity index (χ0n) is 13.6. The summed E-state index contributed by atoms with van der Waals surface area (Å²) in [7, 11) is 0. The van der Waals surface area contributed by atoms with Crippen molar-refractivity contribution in [2.24, 2.45) is 0 Å². The van der Waals surface area contributed by atoms with Gasteiger partial charge >= 0.3 is 5.97 Å². The maximum absolute atomic E-state index is 12.7. The lowest BCUT2D eigenvalue weighted by molar-refractivity contribution is -0.148. The minimum absolute atomic E-state index is 0.547. The summed E-state index contributed by atoms with van der Waals surface area (Å²) < 4.78 is 5.77. The van der Waals surface area contributed by atoms with Gasteiger partial charge in [0, 0.05) is 0 Å². The second-order valence-corrected chi connectivity index (χ2v) is 5.61. The molecule has 0 spiro atoms. The first-order valence-electron chi connectivity index (χ1n) is 8.04. The van der Waals surface area contributed by atoms with Crippen molar-refractivity contribution in [3.05, 3.63) is 108 Å². The molecular formula is C22H17NO2. The molecule has 3 aromatic carbocycles. The van der Waals surface area contributed by atoms with Crippen LogP contribution in [0.1, 0.15) is 28.7 Å². The Balaban J connectivity index is 1.90. The van der Waals surface area contributed by atoms with Crippen molar-refractivity contribution in [3.8, 4) is 6.07 Å². The first kappa shape index (κ1) is 16.5. The van der Waals surface area contributed by atoms with E-state index in [1.54, 1.807) is 24.3 Å². The molecule has 0 aliphatic heterocycles. The average molecular weight is 327 g/mol. The Kier molecular flexibility index (Phi) is 5.23. The van der Waals surface area contributed by atoms with Gasteiger partial charge in [-0.3, -0.25) is 4.79 Å². The molecule has 3 heteroatoms. The number of hydrogen-bond donors (Lipinski definition) is 0. The highest BCUT2D eigenvalue weighted by molar-refractivity contribution is 5.81. The number of ether oxygens (including phenoxy) is 1. The standard InChI is InChI=1S/C22H17NO2/c23-16-20(17-10-4-1-5-11-17)22(24)25-21(18-12-6-2-7-13-18)19-14-8-3-9-15-19/h1-15,20-21H. The number of benzene rings is 3. The Morgan fingerprint density at radius 3 is 1.52 bits per heavy atom. The molecule has 0 heterocycles. The van der Waals surface area contributed by atoms with Gasteiger partial charge in [0.15, 0.2) is 12.0 Å². The molecule has 3 rings (SSSR count). The van der Waals surface area contributed by atoms with Gasteiger partial charge in [0.05, 0.1) is 6.07 Å². The summed E-state index contributed by atoms with van der Waals surface area (Å²) in [6.45, 7) is 0. The Labute approximate surface area is 147 Å². The van der Waals surface area contributed by atoms with E-state index in [0.717, 1.165) is 11.1 Å².